The van der Waals surface area contributed by atoms with Gasteiger partial charge in [-0.2, -0.15) is 11.8 Å². The van der Waals surface area contributed by atoms with Crippen LogP contribution in [-0.2, 0) is 4.74 Å². The highest BCUT2D eigenvalue weighted by atomic mass is 32.2. The van der Waals surface area contributed by atoms with Gasteiger partial charge in [0, 0.05) is 24.4 Å². The molecule has 3 atom stereocenters. The number of hydrogen-bond donors (Lipinski definition) is 1. The quantitative estimate of drug-likeness (QED) is 0.814. The molecule has 0 bridgehead atoms. The van der Waals surface area contributed by atoms with Crippen LogP contribution in [0.4, 0.5) is 0 Å². The van der Waals surface area contributed by atoms with E-state index in [1.165, 1.54) is 12.2 Å². The first-order valence-corrected chi connectivity index (χ1v) is 7.37. The van der Waals surface area contributed by atoms with E-state index in [0.29, 0.717) is 6.04 Å². The second kappa shape index (κ2) is 5.25. The predicted octanol–water partition coefficient (Wildman–Crippen LogP) is 1.35. The first-order chi connectivity index (χ1) is 7.67. The van der Waals surface area contributed by atoms with Crippen LogP contribution >= 0.6 is 11.8 Å². The van der Waals surface area contributed by atoms with Crippen molar-refractivity contribution in [1.82, 2.24) is 4.90 Å². The van der Waals surface area contributed by atoms with Gasteiger partial charge in [-0.15, -0.1) is 0 Å². The van der Waals surface area contributed by atoms with Crippen LogP contribution in [0, 0.1) is 0 Å². The van der Waals surface area contributed by atoms with Gasteiger partial charge in [-0.3, -0.25) is 4.90 Å². The van der Waals surface area contributed by atoms with E-state index in [-0.39, 0.29) is 18.2 Å². The molecule has 3 nitrogen and oxygen atoms in total. The Labute approximate surface area is 103 Å². The Hall–Kier alpha value is 0.230. The van der Waals surface area contributed by atoms with Gasteiger partial charge in [0.2, 0.25) is 0 Å². The maximum Gasteiger partial charge on any atom is 0.0795 e. The van der Waals surface area contributed by atoms with Crippen molar-refractivity contribution in [3.8, 4) is 0 Å². The molecular formula is C12H23NO2S. The summed E-state index contributed by atoms with van der Waals surface area (Å²) in [6, 6.07) is 0.837. The summed E-state index contributed by atoms with van der Waals surface area (Å²) in [5.41, 5.74) is 0.150. The molecule has 3 unspecified atom stereocenters. The fourth-order valence-corrected chi connectivity index (χ4v) is 4.08. The third kappa shape index (κ3) is 2.55. The molecular weight excluding hydrogens is 222 g/mol. The average molecular weight is 245 g/mol. The summed E-state index contributed by atoms with van der Waals surface area (Å²) < 4.78 is 6.01. The summed E-state index contributed by atoms with van der Waals surface area (Å²) in [5, 5.41) is 9.22. The largest absolute Gasteiger partial charge is 0.395 e. The summed E-state index contributed by atoms with van der Waals surface area (Å²) in [6.07, 6.45) is 3.45. The molecule has 1 N–H and O–H groups in total. The molecule has 2 saturated heterocycles. The molecule has 2 aliphatic rings. The minimum Gasteiger partial charge on any atom is -0.395 e. The Kier molecular flexibility index (Phi) is 4.16. The van der Waals surface area contributed by atoms with Gasteiger partial charge in [0.1, 0.15) is 0 Å². The Morgan fingerprint density at radius 3 is 3.06 bits per heavy atom. The second-order valence-electron chi connectivity index (χ2n) is 5.18. The topological polar surface area (TPSA) is 32.7 Å². The Balaban J connectivity index is 1.95. The lowest BCUT2D eigenvalue weighted by Crippen LogP contribution is -2.50. The summed E-state index contributed by atoms with van der Waals surface area (Å²) in [7, 11) is 2.13. The molecule has 4 heteroatoms. The van der Waals surface area contributed by atoms with Crippen molar-refractivity contribution in [2.75, 3.05) is 31.8 Å². The van der Waals surface area contributed by atoms with Crippen LogP contribution in [0.2, 0.25) is 0 Å². The Morgan fingerprint density at radius 2 is 2.44 bits per heavy atom. The highest BCUT2D eigenvalue weighted by Crippen LogP contribution is 2.39. The molecule has 1 spiro atoms. The number of rotatable bonds is 3. The number of likely N-dealkylation sites (N-methyl/N-ethyl adjacent to an activating group) is 1. The van der Waals surface area contributed by atoms with Gasteiger partial charge < -0.3 is 9.84 Å². The summed E-state index contributed by atoms with van der Waals surface area (Å²) in [4.78, 5) is 2.33. The van der Waals surface area contributed by atoms with Gasteiger partial charge >= 0.3 is 0 Å². The van der Waals surface area contributed by atoms with E-state index < -0.39 is 0 Å². The monoisotopic (exact) mass is 245 g/mol. The van der Waals surface area contributed by atoms with E-state index in [1.54, 1.807) is 0 Å². The lowest BCUT2D eigenvalue weighted by molar-refractivity contribution is -0.0924. The van der Waals surface area contributed by atoms with Crippen LogP contribution in [0.5, 0.6) is 0 Å². The molecule has 0 aliphatic carbocycles. The highest BCUT2D eigenvalue weighted by molar-refractivity contribution is 7.99. The summed E-state index contributed by atoms with van der Waals surface area (Å²) in [5.74, 6) is 2.40. The maximum absolute atomic E-state index is 9.22. The number of aliphatic hydroxyl groups is 1. The van der Waals surface area contributed by atoms with Crippen LogP contribution in [-0.4, -0.2) is 59.5 Å². The van der Waals surface area contributed by atoms with Crippen LogP contribution < -0.4 is 0 Å². The van der Waals surface area contributed by atoms with Gasteiger partial charge in [0.15, 0.2) is 0 Å². The maximum atomic E-state index is 9.22. The van der Waals surface area contributed by atoms with E-state index in [4.69, 9.17) is 4.74 Å². The third-order valence-electron chi connectivity index (χ3n) is 4.07. The molecule has 94 valence electrons. The molecule has 0 saturated carbocycles. The predicted molar refractivity (Wildman–Crippen MR) is 68.0 cm³/mol. The first-order valence-electron chi connectivity index (χ1n) is 6.21. The molecule has 0 amide bonds. The standard InChI is InChI=1S/C12H23NO2S/c1-10(8-14)13(2)11-3-5-15-12(7-11)4-6-16-9-12/h10-11,14H,3-9H2,1-2H3. The van der Waals surface area contributed by atoms with Crippen molar-refractivity contribution >= 4 is 11.8 Å². The zero-order valence-corrected chi connectivity index (χ0v) is 11.1. The van der Waals surface area contributed by atoms with Crippen LogP contribution in [0.1, 0.15) is 26.2 Å². The smallest absolute Gasteiger partial charge is 0.0795 e. The zero-order valence-electron chi connectivity index (χ0n) is 10.3. The summed E-state index contributed by atoms with van der Waals surface area (Å²) in [6.45, 7) is 3.22. The molecule has 0 radical (unpaired) electrons. The molecule has 0 aromatic heterocycles. The normalized spacial score (nSPS) is 37.1. The number of aliphatic hydroxyl groups excluding tert-OH is 1. The first kappa shape index (κ1) is 12.7. The van der Waals surface area contributed by atoms with Crippen LogP contribution in [0.15, 0.2) is 0 Å². The number of hydrogen-bond acceptors (Lipinski definition) is 4. The fraction of sp³-hybridized carbons (Fsp3) is 1.00. The molecule has 16 heavy (non-hydrogen) atoms. The van der Waals surface area contributed by atoms with Gasteiger partial charge in [0.25, 0.3) is 0 Å². The molecule has 2 fully saturated rings. The van der Waals surface area contributed by atoms with E-state index in [2.05, 4.69) is 18.9 Å². The average Bonchev–Trinajstić information content (AvgIpc) is 2.75. The van der Waals surface area contributed by atoms with Crippen LogP contribution in [0.3, 0.4) is 0 Å². The minimum atomic E-state index is 0.150. The van der Waals surface area contributed by atoms with Crippen molar-refractivity contribution in [3.05, 3.63) is 0 Å². The van der Waals surface area contributed by atoms with Crippen molar-refractivity contribution in [1.29, 1.82) is 0 Å². The van der Waals surface area contributed by atoms with Gasteiger partial charge in [0.05, 0.1) is 12.2 Å². The molecule has 0 aromatic rings. The second-order valence-corrected chi connectivity index (χ2v) is 6.28. The molecule has 0 aromatic carbocycles. The van der Waals surface area contributed by atoms with Crippen molar-refractivity contribution in [2.45, 2.75) is 43.9 Å². The molecule has 2 rings (SSSR count). The Morgan fingerprint density at radius 1 is 1.62 bits per heavy atom. The van der Waals surface area contributed by atoms with Crippen molar-refractivity contribution in [2.24, 2.45) is 0 Å². The third-order valence-corrected chi connectivity index (χ3v) is 5.29. The summed E-state index contributed by atoms with van der Waals surface area (Å²) >= 11 is 2.01. The number of nitrogens with zero attached hydrogens (tertiary/aromatic N) is 1. The van der Waals surface area contributed by atoms with Gasteiger partial charge in [-0.25, -0.2) is 0 Å². The number of ether oxygens (including phenoxy) is 1. The van der Waals surface area contributed by atoms with Crippen molar-refractivity contribution < 1.29 is 9.84 Å². The molecule has 2 aliphatic heterocycles. The fourth-order valence-electron chi connectivity index (χ4n) is 2.70. The minimum absolute atomic E-state index is 0.150. The van der Waals surface area contributed by atoms with Gasteiger partial charge in [-0.05, 0) is 39.0 Å². The van der Waals surface area contributed by atoms with E-state index in [9.17, 15) is 5.11 Å². The van der Waals surface area contributed by atoms with E-state index in [1.807, 2.05) is 11.8 Å². The Bertz CT molecular complexity index is 231. The molecule has 2 heterocycles. The van der Waals surface area contributed by atoms with E-state index >= 15 is 0 Å². The highest BCUT2D eigenvalue weighted by Gasteiger charge is 2.41. The lowest BCUT2D eigenvalue weighted by atomic mass is 9.89. The zero-order chi connectivity index (χ0) is 11.6. The SMILES string of the molecule is CC(CO)N(C)C1CCOC2(CCSC2)C1. The lowest BCUT2D eigenvalue weighted by Gasteiger charge is -2.43. The van der Waals surface area contributed by atoms with Crippen molar-refractivity contribution in [3.63, 3.8) is 0 Å². The van der Waals surface area contributed by atoms with Gasteiger partial charge in [-0.1, -0.05) is 0 Å². The number of thioether (sulfide) groups is 1. The van der Waals surface area contributed by atoms with Crippen LogP contribution in [0.25, 0.3) is 0 Å². The van der Waals surface area contributed by atoms with E-state index in [0.717, 1.165) is 25.2 Å².